The third-order valence-corrected chi connectivity index (χ3v) is 2.07. The number of rotatable bonds is 0. The molecule has 0 radical (unpaired) electrons. The van der Waals surface area contributed by atoms with Gasteiger partial charge >= 0.3 is 0 Å². The van der Waals surface area contributed by atoms with Crippen LogP contribution in [0, 0.1) is 0 Å². The van der Waals surface area contributed by atoms with E-state index in [0.717, 1.165) is 0 Å². The van der Waals surface area contributed by atoms with Crippen molar-refractivity contribution < 1.29 is 10.2 Å². The Hall–Kier alpha value is -1.48. The summed E-state index contributed by atoms with van der Waals surface area (Å²) in [7, 11) is 0. The minimum absolute atomic E-state index is 0.0445. The Morgan fingerprint density at radius 1 is 1.00 bits per heavy atom. The first-order chi connectivity index (χ1) is 5.72. The fourth-order valence-electron chi connectivity index (χ4n) is 1.39. The number of hydrogen-bond acceptors (Lipinski definition) is 3. The van der Waals surface area contributed by atoms with E-state index in [2.05, 4.69) is 0 Å². The molecule has 1 aliphatic rings. The second-order valence-electron chi connectivity index (χ2n) is 2.79. The van der Waals surface area contributed by atoms with Crippen molar-refractivity contribution in [1.29, 1.82) is 0 Å². The molecule has 0 atom stereocenters. The van der Waals surface area contributed by atoms with E-state index in [4.69, 9.17) is 5.73 Å². The molecule has 0 saturated carbocycles. The molecule has 0 spiro atoms. The van der Waals surface area contributed by atoms with Crippen LogP contribution in [0.3, 0.4) is 0 Å². The highest BCUT2D eigenvalue weighted by atomic mass is 16.3. The van der Waals surface area contributed by atoms with E-state index in [-0.39, 0.29) is 11.5 Å². The van der Waals surface area contributed by atoms with Gasteiger partial charge in [-0.2, -0.15) is 0 Å². The smallest absolute Gasteiger partial charge is 0.125 e. The number of aliphatic hydroxyl groups excluding tert-OH is 2. The molecule has 0 aromatic heterocycles. The summed E-state index contributed by atoms with van der Waals surface area (Å²) in [5, 5.41) is 20.1. The summed E-state index contributed by atoms with van der Waals surface area (Å²) >= 11 is 0. The maximum Gasteiger partial charge on any atom is 0.125 e. The van der Waals surface area contributed by atoms with Gasteiger partial charge in [0, 0.05) is 10.4 Å². The van der Waals surface area contributed by atoms with Crippen LogP contribution in [0.5, 0.6) is 0 Å². The number of fused-ring (bicyclic) bond motifs is 1. The van der Waals surface area contributed by atoms with Crippen LogP contribution in [-0.4, -0.2) is 16.3 Å². The minimum atomic E-state index is -0.748. The molecular formula is C9H9NO2. The average Bonchev–Trinajstić information content (AvgIpc) is 2.33. The van der Waals surface area contributed by atoms with Crippen molar-refractivity contribution in [3.8, 4) is 0 Å². The summed E-state index contributed by atoms with van der Waals surface area (Å²) in [6, 6.07) is 6.30. The van der Waals surface area contributed by atoms with Crippen molar-refractivity contribution in [1.82, 2.24) is 0 Å². The van der Waals surface area contributed by atoms with Gasteiger partial charge in [-0.3, -0.25) is 0 Å². The highest BCUT2D eigenvalue weighted by Gasteiger charge is 2.20. The van der Waals surface area contributed by atoms with Crippen molar-refractivity contribution in [2.45, 2.75) is 6.04 Å². The molecule has 1 aromatic carbocycles. The molecular weight excluding hydrogens is 154 g/mol. The van der Waals surface area contributed by atoms with Crippen molar-refractivity contribution in [3.05, 3.63) is 34.7 Å². The molecule has 0 bridgehead atoms. The van der Waals surface area contributed by atoms with Crippen LogP contribution in [0.2, 0.25) is 0 Å². The predicted octanol–water partition coefficient (Wildman–Crippen LogP) is -0.640. The van der Waals surface area contributed by atoms with Gasteiger partial charge in [0.15, 0.2) is 0 Å². The summed E-state index contributed by atoms with van der Waals surface area (Å²) in [4.78, 5) is 0. The zero-order valence-electron chi connectivity index (χ0n) is 6.36. The van der Waals surface area contributed by atoms with Gasteiger partial charge in [0.25, 0.3) is 0 Å². The lowest BCUT2D eigenvalue weighted by atomic mass is 10.3. The third-order valence-electron chi connectivity index (χ3n) is 2.07. The maximum atomic E-state index is 9.43. The number of hydrogen-bond donors (Lipinski definition) is 3. The Morgan fingerprint density at radius 2 is 1.42 bits per heavy atom. The molecule has 62 valence electrons. The number of nitrogens with two attached hydrogens (primary N) is 1. The van der Waals surface area contributed by atoms with Crippen LogP contribution in [0.4, 0.5) is 0 Å². The summed E-state index contributed by atoms with van der Waals surface area (Å²) in [5.74, 6) is 0.0891. The van der Waals surface area contributed by atoms with Gasteiger partial charge in [0.05, 0.1) is 0 Å². The zero-order valence-corrected chi connectivity index (χ0v) is 6.36. The molecule has 0 fully saturated rings. The van der Waals surface area contributed by atoms with Gasteiger partial charge in [0.2, 0.25) is 0 Å². The average molecular weight is 163 g/mol. The molecule has 0 unspecified atom stereocenters. The second kappa shape index (κ2) is 2.25. The minimum Gasteiger partial charge on any atom is -0.510 e. The highest BCUT2D eigenvalue weighted by molar-refractivity contribution is 5.65. The van der Waals surface area contributed by atoms with E-state index in [1.807, 2.05) is 0 Å². The van der Waals surface area contributed by atoms with E-state index in [1.54, 1.807) is 24.3 Å². The van der Waals surface area contributed by atoms with E-state index in [9.17, 15) is 10.2 Å². The van der Waals surface area contributed by atoms with Gasteiger partial charge < -0.3 is 15.9 Å². The van der Waals surface area contributed by atoms with Crippen LogP contribution in [-0.2, 0) is 0 Å². The molecule has 0 heterocycles. The molecule has 2 rings (SSSR count). The molecule has 3 heteroatoms. The zero-order chi connectivity index (χ0) is 8.72. The fraction of sp³-hybridized carbons (Fsp3) is 0.111. The normalized spacial score (nSPS) is 16.8. The lowest BCUT2D eigenvalue weighted by Gasteiger charge is -2.02. The summed E-state index contributed by atoms with van der Waals surface area (Å²) in [6.07, 6.45) is 0. The largest absolute Gasteiger partial charge is 0.510 e. The topological polar surface area (TPSA) is 66.5 Å². The first-order valence-electron chi connectivity index (χ1n) is 3.69. The molecule has 1 aromatic rings. The molecule has 0 amide bonds. The van der Waals surface area contributed by atoms with Gasteiger partial charge in [-0.15, -0.1) is 0 Å². The molecule has 0 aliphatic heterocycles. The molecule has 3 nitrogen and oxygen atoms in total. The fourth-order valence-corrected chi connectivity index (χ4v) is 1.39. The Labute approximate surface area is 69.1 Å². The van der Waals surface area contributed by atoms with E-state index < -0.39 is 6.04 Å². The van der Waals surface area contributed by atoms with Crippen molar-refractivity contribution in [2.75, 3.05) is 0 Å². The highest BCUT2D eigenvalue weighted by Crippen LogP contribution is 2.06. The SMILES string of the molecule is NC1C(O)=c2ccccc2=C1O. The lowest BCUT2D eigenvalue weighted by molar-refractivity contribution is 0.436. The molecule has 1 aliphatic carbocycles. The van der Waals surface area contributed by atoms with E-state index in [0.29, 0.717) is 10.4 Å². The Kier molecular flexibility index (Phi) is 1.35. The molecule has 4 N–H and O–H groups in total. The van der Waals surface area contributed by atoms with Gasteiger partial charge in [0.1, 0.15) is 17.6 Å². The van der Waals surface area contributed by atoms with Crippen molar-refractivity contribution in [2.24, 2.45) is 5.73 Å². The van der Waals surface area contributed by atoms with Gasteiger partial charge in [-0.1, -0.05) is 24.3 Å². The number of benzene rings is 1. The molecule has 0 saturated heterocycles. The van der Waals surface area contributed by atoms with E-state index >= 15 is 0 Å². The van der Waals surface area contributed by atoms with Crippen LogP contribution in [0.25, 0.3) is 11.5 Å². The lowest BCUT2D eigenvalue weighted by Crippen LogP contribution is -2.23. The van der Waals surface area contributed by atoms with Crippen LogP contribution < -0.4 is 16.2 Å². The Bertz CT molecular complexity index is 395. The number of aliphatic hydroxyl groups is 2. The summed E-state index contributed by atoms with van der Waals surface area (Å²) in [6.45, 7) is 0. The summed E-state index contributed by atoms with van der Waals surface area (Å²) in [5.41, 5.74) is 5.50. The predicted molar refractivity (Wildman–Crippen MR) is 45.7 cm³/mol. The van der Waals surface area contributed by atoms with Crippen LogP contribution >= 0.6 is 0 Å². The van der Waals surface area contributed by atoms with Gasteiger partial charge in [-0.25, -0.2) is 0 Å². The first kappa shape index (κ1) is 7.18. The summed E-state index contributed by atoms with van der Waals surface area (Å²) < 4.78 is 0. The van der Waals surface area contributed by atoms with Crippen molar-refractivity contribution >= 4 is 11.5 Å². The van der Waals surface area contributed by atoms with Gasteiger partial charge in [-0.05, 0) is 0 Å². The standard InChI is InChI=1S/C9H9NO2/c10-7-8(11)5-3-1-2-4-6(5)9(7)12/h1-4,7,11-12H,10H2. The van der Waals surface area contributed by atoms with Crippen LogP contribution in [0.1, 0.15) is 0 Å². The Balaban J connectivity index is 2.95. The molecule has 12 heavy (non-hydrogen) atoms. The quantitative estimate of drug-likeness (QED) is 0.476. The van der Waals surface area contributed by atoms with Crippen molar-refractivity contribution in [3.63, 3.8) is 0 Å². The Morgan fingerprint density at radius 3 is 1.83 bits per heavy atom. The third kappa shape index (κ3) is 0.740. The maximum absolute atomic E-state index is 9.43. The van der Waals surface area contributed by atoms with Crippen LogP contribution in [0.15, 0.2) is 24.3 Å². The van der Waals surface area contributed by atoms with E-state index in [1.165, 1.54) is 0 Å². The monoisotopic (exact) mass is 163 g/mol. The first-order valence-corrected chi connectivity index (χ1v) is 3.69. The second-order valence-corrected chi connectivity index (χ2v) is 2.79.